The first-order valence-corrected chi connectivity index (χ1v) is 6.22. The molecule has 2 saturated carbocycles. The zero-order chi connectivity index (χ0) is 11.1. The third-order valence-corrected chi connectivity index (χ3v) is 3.84. The molecule has 3 rings (SSSR count). The normalized spacial score (nSPS) is 37.1. The number of aliphatic hydroxyl groups is 1. The molecule has 2 fully saturated rings. The molecule has 2 atom stereocenters. The molecule has 0 radical (unpaired) electrons. The molecule has 1 aromatic heterocycles. The largest absolute Gasteiger partial charge is 0.464 e. The molecular formula is C13H19NO2. The van der Waals surface area contributed by atoms with Crippen LogP contribution in [0.15, 0.2) is 16.5 Å². The lowest BCUT2D eigenvalue weighted by atomic mass is 9.89. The van der Waals surface area contributed by atoms with E-state index in [4.69, 9.17) is 9.52 Å². The zero-order valence-electron chi connectivity index (χ0n) is 9.65. The van der Waals surface area contributed by atoms with Crippen LogP contribution in [-0.2, 0) is 6.54 Å². The summed E-state index contributed by atoms with van der Waals surface area (Å²) in [6.07, 6.45) is 2.95. The topological polar surface area (TPSA) is 45.4 Å². The third kappa shape index (κ3) is 2.02. The number of furan rings is 1. The number of nitrogens with one attached hydrogen (secondary N) is 1. The van der Waals surface area contributed by atoms with Gasteiger partial charge in [0, 0.05) is 12.0 Å². The van der Waals surface area contributed by atoms with Gasteiger partial charge in [0.2, 0.25) is 0 Å². The minimum Gasteiger partial charge on any atom is -0.464 e. The molecule has 3 nitrogen and oxygen atoms in total. The third-order valence-electron chi connectivity index (χ3n) is 3.84. The van der Waals surface area contributed by atoms with Crippen molar-refractivity contribution in [1.82, 2.24) is 5.32 Å². The SMILES string of the molecule is CC1CC1c1ccc(CNC2CC(O)C2)o1. The van der Waals surface area contributed by atoms with Crippen LogP contribution in [0.25, 0.3) is 0 Å². The van der Waals surface area contributed by atoms with Crippen molar-refractivity contribution in [2.75, 3.05) is 0 Å². The van der Waals surface area contributed by atoms with Gasteiger partial charge in [0.25, 0.3) is 0 Å². The molecule has 2 N–H and O–H groups in total. The maximum atomic E-state index is 9.17. The minimum atomic E-state index is -0.0861. The molecule has 0 aliphatic heterocycles. The van der Waals surface area contributed by atoms with E-state index in [0.717, 1.165) is 36.8 Å². The second-order valence-corrected chi connectivity index (χ2v) is 5.33. The number of hydrogen-bond donors (Lipinski definition) is 2. The Morgan fingerprint density at radius 1 is 1.38 bits per heavy atom. The van der Waals surface area contributed by atoms with Crippen LogP contribution in [0.1, 0.15) is 43.6 Å². The van der Waals surface area contributed by atoms with Gasteiger partial charge in [-0.1, -0.05) is 6.92 Å². The maximum absolute atomic E-state index is 9.17. The van der Waals surface area contributed by atoms with Gasteiger partial charge in [-0.25, -0.2) is 0 Å². The fraction of sp³-hybridized carbons (Fsp3) is 0.692. The summed E-state index contributed by atoms with van der Waals surface area (Å²) in [7, 11) is 0. The van der Waals surface area contributed by atoms with Crippen LogP contribution in [0.2, 0.25) is 0 Å². The predicted molar refractivity (Wildman–Crippen MR) is 61.1 cm³/mol. The summed E-state index contributed by atoms with van der Waals surface area (Å²) in [4.78, 5) is 0. The fourth-order valence-corrected chi connectivity index (χ4v) is 2.41. The second-order valence-electron chi connectivity index (χ2n) is 5.33. The Morgan fingerprint density at radius 3 is 2.75 bits per heavy atom. The molecule has 0 saturated heterocycles. The average molecular weight is 221 g/mol. The highest BCUT2D eigenvalue weighted by Crippen LogP contribution is 2.47. The summed E-state index contributed by atoms with van der Waals surface area (Å²) in [5.41, 5.74) is 0. The van der Waals surface area contributed by atoms with Crippen LogP contribution in [0, 0.1) is 5.92 Å². The molecule has 2 unspecified atom stereocenters. The Morgan fingerprint density at radius 2 is 2.12 bits per heavy atom. The first kappa shape index (κ1) is 10.4. The van der Waals surface area contributed by atoms with E-state index in [9.17, 15) is 0 Å². The molecule has 3 heteroatoms. The van der Waals surface area contributed by atoms with Crippen LogP contribution in [0.3, 0.4) is 0 Å². The Kier molecular flexibility index (Phi) is 2.52. The first-order valence-electron chi connectivity index (χ1n) is 6.22. The van der Waals surface area contributed by atoms with Gasteiger partial charge < -0.3 is 14.8 Å². The number of rotatable bonds is 4. The lowest BCUT2D eigenvalue weighted by Gasteiger charge is -2.31. The van der Waals surface area contributed by atoms with Crippen molar-refractivity contribution in [2.24, 2.45) is 5.92 Å². The predicted octanol–water partition coefficient (Wildman–Crippen LogP) is 2.02. The number of aliphatic hydroxyl groups excluding tert-OH is 1. The summed E-state index contributed by atoms with van der Waals surface area (Å²) in [5, 5.41) is 12.6. The van der Waals surface area contributed by atoms with E-state index < -0.39 is 0 Å². The Hall–Kier alpha value is -0.800. The van der Waals surface area contributed by atoms with E-state index in [-0.39, 0.29) is 6.10 Å². The van der Waals surface area contributed by atoms with Gasteiger partial charge in [-0.15, -0.1) is 0 Å². The van der Waals surface area contributed by atoms with Crippen molar-refractivity contribution in [1.29, 1.82) is 0 Å². The van der Waals surface area contributed by atoms with Crippen LogP contribution >= 0.6 is 0 Å². The van der Waals surface area contributed by atoms with Gasteiger partial charge in [-0.3, -0.25) is 0 Å². The minimum absolute atomic E-state index is 0.0861. The van der Waals surface area contributed by atoms with E-state index in [2.05, 4.69) is 24.4 Å². The van der Waals surface area contributed by atoms with Gasteiger partial charge in [0.05, 0.1) is 12.6 Å². The quantitative estimate of drug-likeness (QED) is 0.817. The Labute approximate surface area is 95.8 Å². The smallest absolute Gasteiger partial charge is 0.117 e. The van der Waals surface area contributed by atoms with Crippen molar-refractivity contribution in [3.05, 3.63) is 23.7 Å². The van der Waals surface area contributed by atoms with Gasteiger partial charge in [0.15, 0.2) is 0 Å². The molecule has 0 aromatic carbocycles. The Balaban J connectivity index is 1.49. The van der Waals surface area contributed by atoms with E-state index in [1.165, 1.54) is 6.42 Å². The molecule has 2 aliphatic rings. The zero-order valence-corrected chi connectivity index (χ0v) is 9.65. The van der Waals surface area contributed by atoms with Crippen molar-refractivity contribution in [3.63, 3.8) is 0 Å². The van der Waals surface area contributed by atoms with E-state index in [0.29, 0.717) is 12.0 Å². The average Bonchev–Trinajstić information content (AvgIpc) is 2.77. The highest BCUT2D eigenvalue weighted by Gasteiger charge is 2.36. The monoisotopic (exact) mass is 221 g/mol. The fourth-order valence-electron chi connectivity index (χ4n) is 2.41. The number of hydrogen-bond acceptors (Lipinski definition) is 3. The van der Waals surface area contributed by atoms with Crippen molar-refractivity contribution < 1.29 is 9.52 Å². The molecular weight excluding hydrogens is 202 g/mol. The summed E-state index contributed by atoms with van der Waals surface area (Å²) in [6, 6.07) is 4.66. The molecule has 0 spiro atoms. The van der Waals surface area contributed by atoms with Crippen LogP contribution < -0.4 is 5.32 Å². The summed E-state index contributed by atoms with van der Waals surface area (Å²) in [5.74, 6) is 3.64. The molecule has 88 valence electrons. The molecule has 2 aliphatic carbocycles. The van der Waals surface area contributed by atoms with E-state index in [1.807, 2.05) is 0 Å². The van der Waals surface area contributed by atoms with Gasteiger partial charge in [-0.2, -0.15) is 0 Å². The van der Waals surface area contributed by atoms with Crippen molar-refractivity contribution in [3.8, 4) is 0 Å². The van der Waals surface area contributed by atoms with E-state index in [1.54, 1.807) is 0 Å². The van der Waals surface area contributed by atoms with Gasteiger partial charge in [-0.05, 0) is 37.3 Å². The standard InChI is InChI=1S/C13H19NO2/c1-8-4-12(8)13-3-2-11(16-13)7-14-9-5-10(15)6-9/h2-3,8-10,12,14-15H,4-7H2,1H3. The van der Waals surface area contributed by atoms with Crippen LogP contribution in [0.5, 0.6) is 0 Å². The molecule has 0 bridgehead atoms. The highest BCUT2D eigenvalue weighted by atomic mass is 16.3. The lowest BCUT2D eigenvalue weighted by Crippen LogP contribution is -2.43. The van der Waals surface area contributed by atoms with Crippen molar-refractivity contribution >= 4 is 0 Å². The maximum Gasteiger partial charge on any atom is 0.117 e. The van der Waals surface area contributed by atoms with Gasteiger partial charge >= 0.3 is 0 Å². The molecule has 0 amide bonds. The van der Waals surface area contributed by atoms with Crippen LogP contribution in [0.4, 0.5) is 0 Å². The molecule has 16 heavy (non-hydrogen) atoms. The van der Waals surface area contributed by atoms with Crippen molar-refractivity contribution in [2.45, 2.75) is 50.8 Å². The van der Waals surface area contributed by atoms with Crippen LogP contribution in [-0.4, -0.2) is 17.3 Å². The lowest BCUT2D eigenvalue weighted by molar-refractivity contribution is 0.0611. The second kappa shape index (κ2) is 3.90. The van der Waals surface area contributed by atoms with E-state index >= 15 is 0 Å². The highest BCUT2D eigenvalue weighted by molar-refractivity contribution is 5.17. The Bertz CT molecular complexity index is 368. The first-order chi connectivity index (χ1) is 7.72. The summed E-state index contributed by atoms with van der Waals surface area (Å²) in [6.45, 7) is 3.05. The molecule has 1 heterocycles. The summed E-state index contributed by atoms with van der Waals surface area (Å²) >= 11 is 0. The van der Waals surface area contributed by atoms with Gasteiger partial charge in [0.1, 0.15) is 11.5 Å². The summed E-state index contributed by atoms with van der Waals surface area (Å²) < 4.78 is 5.80. The molecule has 1 aromatic rings.